The highest BCUT2D eigenvalue weighted by Gasteiger charge is 2.22. The molecule has 1 aliphatic heterocycles. The van der Waals surface area contributed by atoms with E-state index in [0.717, 1.165) is 49.3 Å². The monoisotopic (exact) mass is 320 g/mol. The Morgan fingerprint density at radius 3 is 2.62 bits per heavy atom. The van der Waals surface area contributed by atoms with Gasteiger partial charge < -0.3 is 9.88 Å². The lowest BCUT2D eigenvalue weighted by molar-refractivity contribution is 0.0628. The molecule has 0 radical (unpaired) electrons. The third kappa shape index (κ3) is 3.03. The Hall–Kier alpha value is -2.66. The third-order valence-electron chi connectivity index (χ3n) is 4.58. The van der Waals surface area contributed by atoms with Crippen LogP contribution < -0.4 is 0 Å². The summed E-state index contributed by atoms with van der Waals surface area (Å²) >= 11 is 0. The molecule has 5 heteroatoms. The fourth-order valence-electron chi connectivity index (χ4n) is 3.20. The first-order chi connectivity index (χ1) is 11.8. The summed E-state index contributed by atoms with van der Waals surface area (Å²) in [5, 5.41) is 0. The number of hydrogen-bond donors (Lipinski definition) is 1. The summed E-state index contributed by atoms with van der Waals surface area (Å²) < 4.78 is 0. The zero-order valence-corrected chi connectivity index (χ0v) is 13.5. The van der Waals surface area contributed by atoms with Crippen molar-refractivity contribution >= 4 is 16.9 Å². The summed E-state index contributed by atoms with van der Waals surface area (Å²) in [6.07, 6.45) is 1.65. The molecule has 122 valence electrons. The first-order valence-electron chi connectivity index (χ1n) is 8.28. The molecule has 1 aromatic heterocycles. The Bertz CT molecular complexity index is 835. The lowest BCUT2D eigenvalue weighted by atomic mass is 10.1. The Morgan fingerprint density at radius 2 is 1.83 bits per heavy atom. The molecule has 0 saturated carbocycles. The van der Waals surface area contributed by atoms with E-state index in [-0.39, 0.29) is 5.91 Å². The molecule has 1 aliphatic rings. The van der Waals surface area contributed by atoms with Gasteiger partial charge in [0.1, 0.15) is 0 Å². The van der Waals surface area contributed by atoms with Gasteiger partial charge >= 0.3 is 0 Å². The van der Waals surface area contributed by atoms with Gasteiger partial charge in [-0.3, -0.25) is 9.69 Å². The molecule has 4 rings (SSSR count). The standard InChI is InChI=1S/C19H20N4O/c24-19(16-6-7-17-18(12-16)21-14-20-17)23-10-8-22(9-11-23)13-15-4-2-1-3-5-15/h1-7,12,14H,8-11,13H2,(H,20,21). The molecule has 1 saturated heterocycles. The van der Waals surface area contributed by atoms with E-state index in [2.05, 4.69) is 39.1 Å². The molecule has 0 atom stereocenters. The van der Waals surface area contributed by atoms with Gasteiger partial charge in [-0.05, 0) is 23.8 Å². The van der Waals surface area contributed by atoms with Crippen LogP contribution in [0.1, 0.15) is 15.9 Å². The second-order valence-electron chi connectivity index (χ2n) is 6.19. The van der Waals surface area contributed by atoms with Crippen molar-refractivity contribution in [2.45, 2.75) is 6.54 Å². The number of piperazine rings is 1. The largest absolute Gasteiger partial charge is 0.345 e. The fraction of sp³-hybridized carbons (Fsp3) is 0.263. The van der Waals surface area contributed by atoms with Crippen LogP contribution in [0.2, 0.25) is 0 Å². The van der Waals surface area contributed by atoms with Crippen molar-refractivity contribution in [3.8, 4) is 0 Å². The summed E-state index contributed by atoms with van der Waals surface area (Å²) in [6.45, 7) is 4.31. The van der Waals surface area contributed by atoms with Crippen molar-refractivity contribution in [1.29, 1.82) is 0 Å². The number of nitrogens with one attached hydrogen (secondary N) is 1. The lowest BCUT2D eigenvalue weighted by Crippen LogP contribution is -2.48. The van der Waals surface area contributed by atoms with E-state index in [0.29, 0.717) is 0 Å². The topological polar surface area (TPSA) is 52.2 Å². The predicted octanol–water partition coefficient (Wildman–Crippen LogP) is 2.52. The number of nitrogens with zero attached hydrogens (tertiary/aromatic N) is 3. The van der Waals surface area contributed by atoms with Crippen LogP contribution >= 0.6 is 0 Å². The van der Waals surface area contributed by atoms with Crippen LogP contribution in [0.5, 0.6) is 0 Å². The number of imidazole rings is 1. The van der Waals surface area contributed by atoms with E-state index in [9.17, 15) is 4.79 Å². The minimum Gasteiger partial charge on any atom is -0.345 e. The SMILES string of the molecule is O=C(c1ccc2nc[nH]c2c1)N1CCN(Cc2ccccc2)CC1. The van der Waals surface area contributed by atoms with Crippen LogP contribution in [0.15, 0.2) is 54.9 Å². The van der Waals surface area contributed by atoms with Crippen molar-refractivity contribution in [2.75, 3.05) is 26.2 Å². The molecule has 2 heterocycles. The number of amides is 1. The summed E-state index contributed by atoms with van der Waals surface area (Å²) in [5.41, 5.74) is 3.84. The number of aromatic nitrogens is 2. The van der Waals surface area contributed by atoms with Gasteiger partial charge in [0, 0.05) is 38.3 Å². The van der Waals surface area contributed by atoms with Crippen molar-refractivity contribution in [1.82, 2.24) is 19.8 Å². The number of carbonyl (C=O) groups excluding carboxylic acids is 1. The molecule has 0 bridgehead atoms. The van der Waals surface area contributed by atoms with E-state index in [1.165, 1.54) is 5.56 Å². The maximum absolute atomic E-state index is 12.7. The first-order valence-corrected chi connectivity index (χ1v) is 8.28. The number of aromatic amines is 1. The van der Waals surface area contributed by atoms with E-state index in [1.54, 1.807) is 6.33 Å². The first kappa shape index (κ1) is 14.9. The zero-order valence-electron chi connectivity index (χ0n) is 13.5. The van der Waals surface area contributed by atoms with Crippen molar-refractivity contribution < 1.29 is 4.79 Å². The highest BCUT2D eigenvalue weighted by molar-refractivity contribution is 5.97. The smallest absolute Gasteiger partial charge is 0.254 e. The molecule has 1 fully saturated rings. The van der Waals surface area contributed by atoms with Crippen LogP contribution in [-0.4, -0.2) is 51.9 Å². The van der Waals surface area contributed by atoms with Crippen LogP contribution in [-0.2, 0) is 6.54 Å². The van der Waals surface area contributed by atoms with Gasteiger partial charge in [-0.15, -0.1) is 0 Å². The molecular weight excluding hydrogens is 300 g/mol. The van der Waals surface area contributed by atoms with Gasteiger partial charge in [-0.1, -0.05) is 30.3 Å². The minimum atomic E-state index is 0.103. The van der Waals surface area contributed by atoms with Gasteiger partial charge in [0.2, 0.25) is 0 Å². The highest BCUT2D eigenvalue weighted by atomic mass is 16.2. The summed E-state index contributed by atoms with van der Waals surface area (Å²) in [7, 11) is 0. The molecular formula is C19H20N4O. The van der Waals surface area contributed by atoms with Crippen molar-refractivity contribution in [3.05, 3.63) is 66.0 Å². The van der Waals surface area contributed by atoms with Gasteiger partial charge in [0.25, 0.3) is 5.91 Å². The van der Waals surface area contributed by atoms with Crippen molar-refractivity contribution in [2.24, 2.45) is 0 Å². The molecule has 2 aromatic carbocycles. The zero-order chi connectivity index (χ0) is 16.4. The van der Waals surface area contributed by atoms with E-state index in [4.69, 9.17) is 0 Å². The highest BCUT2D eigenvalue weighted by Crippen LogP contribution is 2.15. The van der Waals surface area contributed by atoms with Crippen molar-refractivity contribution in [3.63, 3.8) is 0 Å². The summed E-state index contributed by atoms with van der Waals surface area (Å²) in [4.78, 5) is 24.3. The fourth-order valence-corrected chi connectivity index (χ4v) is 3.20. The number of benzene rings is 2. The molecule has 3 aromatic rings. The lowest BCUT2D eigenvalue weighted by Gasteiger charge is -2.34. The molecule has 1 amide bonds. The maximum atomic E-state index is 12.7. The second kappa shape index (κ2) is 6.45. The van der Waals surface area contributed by atoms with Crippen LogP contribution in [0, 0.1) is 0 Å². The van der Waals surface area contributed by atoms with Gasteiger partial charge in [-0.2, -0.15) is 0 Å². The Labute approximate surface area is 140 Å². The van der Waals surface area contributed by atoms with E-state index in [1.807, 2.05) is 29.2 Å². The maximum Gasteiger partial charge on any atom is 0.254 e. The van der Waals surface area contributed by atoms with Gasteiger partial charge in [0.05, 0.1) is 17.4 Å². The number of hydrogen-bond acceptors (Lipinski definition) is 3. The molecule has 0 unspecified atom stereocenters. The van der Waals surface area contributed by atoms with Crippen LogP contribution in [0.4, 0.5) is 0 Å². The number of carbonyl (C=O) groups is 1. The quantitative estimate of drug-likeness (QED) is 0.807. The number of fused-ring (bicyclic) bond motifs is 1. The average molecular weight is 320 g/mol. The molecule has 0 aliphatic carbocycles. The molecule has 1 N–H and O–H groups in total. The Balaban J connectivity index is 1.39. The Morgan fingerprint density at radius 1 is 1.04 bits per heavy atom. The normalized spacial score (nSPS) is 15.8. The average Bonchev–Trinajstić information content (AvgIpc) is 3.10. The van der Waals surface area contributed by atoms with Gasteiger partial charge in [0.15, 0.2) is 0 Å². The minimum absolute atomic E-state index is 0.103. The van der Waals surface area contributed by atoms with E-state index >= 15 is 0 Å². The number of H-pyrrole nitrogens is 1. The number of rotatable bonds is 3. The molecule has 5 nitrogen and oxygen atoms in total. The molecule has 0 spiro atoms. The predicted molar refractivity (Wildman–Crippen MR) is 93.7 cm³/mol. The summed E-state index contributed by atoms with van der Waals surface area (Å²) in [6, 6.07) is 16.1. The van der Waals surface area contributed by atoms with Crippen LogP contribution in [0.25, 0.3) is 11.0 Å². The Kier molecular flexibility index (Phi) is 4.01. The van der Waals surface area contributed by atoms with Crippen LogP contribution in [0.3, 0.4) is 0 Å². The van der Waals surface area contributed by atoms with Gasteiger partial charge in [-0.25, -0.2) is 4.98 Å². The third-order valence-corrected chi connectivity index (χ3v) is 4.58. The summed E-state index contributed by atoms with van der Waals surface area (Å²) in [5.74, 6) is 0.103. The second-order valence-corrected chi connectivity index (χ2v) is 6.19. The van der Waals surface area contributed by atoms with E-state index < -0.39 is 0 Å². The molecule has 24 heavy (non-hydrogen) atoms.